The fraction of sp³-hybridized carbons (Fsp3) is 0.429. The minimum absolute atomic E-state index is 0.121. The topological polar surface area (TPSA) is 37.0 Å². The zero-order valence-electron chi connectivity index (χ0n) is 10.7. The Kier molecular flexibility index (Phi) is 3.50. The smallest absolute Gasteiger partial charge is 0.0746 e. The van der Waals surface area contributed by atoms with E-state index in [2.05, 4.69) is 48.4 Å². The van der Waals surface area contributed by atoms with Crippen molar-refractivity contribution in [3.05, 3.63) is 36.0 Å². The van der Waals surface area contributed by atoms with Crippen molar-refractivity contribution in [2.75, 3.05) is 13.7 Å². The van der Waals surface area contributed by atoms with Gasteiger partial charge in [0.05, 0.1) is 5.60 Å². The molecule has 0 fully saturated rings. The van der Waals surface area contributed by atoms with Crippen molar-refractivity contribution in [1.82, 2.24) is 10.3 Å². The second kappa shape index (κ2) is 4.90. The first-order chi connectivity index (χ1) is 8.12. The maximum absolute atomic E-state index is 5.38. The zero-order valence-corrected chi connectivity index (χ0v) is 10.7. The minimum Gasteiger partial charge on any atom is -0.377 e. The Balaban J connectivity index is 2.02. The number of rotatable bonds is 5. The molecule has 0 amide bonds. The van der Waals surface area contributed by atoms with Crippen LogP contribution in [0.4, 0.5) is 0 Å². The normalized spacial score (nSPS) is 12.2. The summed E-state index contributed by atoms with van der Waals surface area (Å²) in [4.78, 5) is 3.28. The molecule has 3 nitrogen and oxygen atoms in total. The highest BCUT2D eigenvalue weighted by Crippen LogP contribution is 2.16. The van der Waals surface area contributed by atoms with E-state index in [1.807, 2.05) is 6.20 Å². The molecule has 0 unspecified atom stereocenters. The summed E-state index contributed by atoms with van der Waals surface area (Å²) in [5.74, 6) is 0. The molecule has 0 spiro atoms. The summed E-state index contributed by atoms with van der Waals surface area (Å²) < 4.78 is 5.38. The quantitative estimate of drug-likeness (QED) is 0.831. The monoisotopic (exact) mass is 232 g/mol. The van der Waals surface area contributed by atoms with Gasteiger partial charge in [-0.2, -0.15) is 0 Å². The van der Waals surface area contributed by atoms with Gasteiger partial charge in [-0.3, -0.25) is 0 Å². The predicted molar refractivity (Wildman–Crippen MR) is 71.1 cm³/mol. The molecule has 17 heavy (non-hydrogen) atoms. The Morgan fingerprint density at radius 3 is 2.88 bits per heavy atom. The third-order valence-corrected chi connectivity index (χ3v) is 3.09. The molecule has 3 heteroatoms. The van der Waals surface area contributed by atoms with Gasteiger partial charge in [0.25, 0.3) is 0 Å². The van der Waals surface area contributed by atoms with Gasteiger partial charge < -0.3 is 15.0 Å². The maximum Gasteiger partial charge on any atom is 0.0746 e. The van der Waals surface area contributed by atoms with Crippen LogP contribution in [0.15, 0.2) is 30.5 Å². The van der Waals surface area contributed by atoms with Crippen LogP contribution in [0, 0.1) is 0 Å². The van der Waals surface area contributed by atoms with Crippen molar-refractivity contribution >= 4 is 10.9 Å². The number of hydrogen-bond donors (Lipinski definition) is 2. The van der Waals surface area contributed by atoms with Gasteiger partial charge in [0.2, 0.25) is 0 Å². The third kappa shape index (κ3) is 2.87. The lowest BCUT2D eigenvalue weighted by Crippen LogP contribution is -2.36. The first-order valence-corrected chi connectivity index (χ1v) is 5.93. The number of para-hydroxylation sites is 1. The Labute approximate surface area is 102 Å². The summed E-state index contributed by atoms with van der Waals surface area (Å²) in [6, 6.07) is 8.45. The van der Waals surface area contributed by atoms with Gasteiger partial charge in [0.1, 0.15) is 0 Å². The summed E-state index contributed by atoms with van der Waals surface area (Å²) in [6.07, 6.45) is 1.98. The highest BCUT2D eigenvalue weighted by atomic mass is 16.5. The SMILES string of the molecule is COC(C)(C)CNCc1cccc2cc[nH]c12. The molecule has 1 heterocycles. The summed E-state index contributed by atoms with van der Waals surface area (Å²) in [6.45, 7) is 5.84. The molecule has 0 aliphatic rings. The number of methoxy groups -OCH3 is 1. The number of aromatic amines is 1. The van der Waals surface area contributed by atoms with E-state index in [1.54, 1.807) is 7.11 Å². The van der Waals surface area contributed by atoms with Gasteiger partial charge in [-0.05, 0) is 30.9 Å². The maximum atomic E-state index is 5.38. The highest BCUT2D eigenvalue weighted by molar-refractivity contribution is 5.82. The Morgan fingerprint density at radius 1 is 1.29 bits per heavy atom. The standard InChI is InChI=1S/C14H20N2O/c1-14(2,17-3)10-15-9-12-6-4-5-11-7-8-16-13(11)12/h4-8,15-16H,9-10H2,1-3H3. The number of hydrogen-bond acceptors (Lipinski definition) is 2. The zero-order chi connectivity index (χ0) is 12.3. The Bertz CT molecular complexity index is 488. The molecule has 2 N–H and O–H groups in total. The predicted octanol–water partition coefficient (Wildman–Crippen LogP) is 2.68. The number of aromatic nitrogens is 1. The van der Waals surface area contributed by atoms with Crippen LogP contribution in [0.5, 0.6) is 0 Å². The highest BCUT2D eigenvalue weighted by Gasteiger charge is 2.15. The lowest BCUT2D eigenvalue weighted by Gasteiger charge is -2.23. The lowest BCUT2D eigenvalue weighted by molar-refractivity contribution is 0.0231. The van der Waals surface area contributed by atoms with E-state index in [1.165, 1.54) is 16.5 Å². The van der Waals surface area contributed by atoms with Gasteiger partial charge in [-0.15, -0.1) is 0 Å². The van der Waals surface area contributed by atoms with Crippen LogP contribution >= 0.6 is 0 Å². The van der Waals surface area contributed by atoms with Gasteiger partial charge in [-0.25, -0.2) is 0 Å². The molecule has 0 saturated carbocycles. The van der Waals surface area contributed by atoms with Crippen molar-refractivity contribution in [3.63, 3.8) is 0 Å². The van der Waals surface area contributed by atoms with E-state index in [0.29, 0.717) is 0 Å². The summed E-state index contributed by atoms with van der Waals surface area (Å²) in [5.41, 5.74) is 2.39. The van der Waals surface area contributed by atoms with E-state index >= 15 is 0 Å². The molecule has 0 radical (unpaired) electrons. The van der Waals surface area contributed by atoms with E-state index in [4.69, 9.17) is 4.74 Å². The largest absolute Gasteiger partial charge is 0.377 e. The van der Waals surface area contributed by atoms with E-state index in [9.17, 15) is 0 Å². The van der Waals surface area contributed by atoms with Crippen LogP contribution in [0.1, 0.15) is 19.4 Å². The number of H-pyrrole nitrogens is 1. The molecule has 92 valence electrons. The van der Waals surface area contributed by atoms with E-state index < -0.39 is 0 Å². The summed E-state index contributed by atoms with van der Waals surface area (Å²) in [5, 5.41) is 4.69. The van der Waals surface area contributed by atoms with Crippen LogP contribution in [0.3, 0.4) is 0 Å². The van der Waals surface area contributed by atoms with Crippen LogP contribution in [-0.4, -0.2) is 24.2 Å². The lowest BCUT2D eigenvalue weighted by atomic mass is 10.1. The van der Waals surface area contributed by atoms with Crippen molar-refractivity contribution in [3.8, 4) is 0 Å². The van der Waals surface area contributed by atoms with Gasteiger partial charge in [0.15, 0.2) is 0 Å². The van der Waals surface area contributed by atoms with Gasteiger partial charge in [0, 0.05) is 31.9 Å². The van der Waals surface area contributed by atoms with Crippen molar-refractivity contribution in [2.45, 2.75) is 26.0 Å². The fourth-order valence-electron chi connectivity index (χ4n) is 1.87. The van der Waals surface area contributed by atoms with Gasteiger partial charge in [-0.1, -0.05) is 18.2 Å². The second-order valence-corrected chi connectivity index (χ2v) is 4.93. The molecule has 0 aliphatic carbocycles. The average Bonchev–Trinajstić information content (AvgIpc) is 2.78. The first-order valence-electron chi connectivity index (χ1n) is 5.93. The number of nitrogens with one attached hydrogen (secondary N) is 2. The van der Waals surface area contributed by atoms with Crippen LogP contribution in [-0.2, 0) is 11.3 Å². The van der Waals surface area contributed by atoms with Crippen molar-refractivity contribution in [1.29, 1.82) is 0 Å². The molecular weight excluding hydrogens is 212 g/mol. The average molecular weight is 232 g/mol. The van der Waals surface area contributed by atoms with Crippen LogP contribution in [0.25, 0.3) is 10.9 Å². The number of fused-ring (bicyclic) bond motifs is 1. The van der Waals surface area contributed by atoms with Crippen molar-refractivity contribution < 1.29 is 4.74 Å². The van der Waals surface area contributed by atoms with E-state index in [-0.39, 0.29) is 5.60 Å². The molecule has 2 aromatic rings. The molecule has 0 bridgehead atoms. The van der Waals surface area contributed by atoms with E-state index in [0.717, 1.165) is 13.1 Å². The second-order valence-electron chi connectivity index (χ2n) is 4.93. The molecule has 0 saturated heterocycles. The molecule has 0 aliphatic heterocycles. The summed E-state index contributed by atoms with van der Waals surface area (Å²) >= 11 is 0. The third-order valence-electron chi connectivity index (χ3n) is 3.09. The number of ether oxygens (including phenoxy) is 1. The molecule has 2 rings (SSSR count). The molecule has 1 aromatic heterocycles. The first kappa shape index (κ1) is 12.1. The summed E-state index contributed by atoms with van der Waals surface area (Å²) in [7, 11) is 1.74. The van der Waals surface area contributed by atoms with Crippen LogP contribution < -0.4 is 5.32 Å². The fourth-order valence-corrected chi connectivity index (χ4v) is 1.87. The molecule has 0 atom stereocenters. The molecular formula is C14H20N2O. The van der Waals surface area contributed by atoms with Crippen LogP contribution in [0.2, 0.25) is 0 Å². The Hall–Kier alpha value is -1.32. The van der Waals surface area contributed by atoms with Crippen molar-refractivity contribution in [2.24, 2.45) is 0 Å². The number of benzene rings is 1. The molecule has 1 aromatic carbocycles. The minimum atomic E-state index is -0.121. The van der Waals surface area contributed by atoms with Gasteiger partial charge >= 0.3 is 0 Å². The Morgan fingerprint density at radius 2 is 2.12 bits per heavy atom.